The van der Waals surface area contributed by atoms with Crippen molar-refractivity contribution in [2.45, 2.75) is 19.2 Å². The number of ether oxygens (including phenoxy) is 1. The topological polar surface area (TPSA) is 79.9 Å². The molecule has 5 nitrogen and oxygen atoms in total. The van der Waals surface area contributed by atoms with Gasteiger partial charge in [-0.1, -0.05) is 18.2 Å². The molecule has 0 radical (unpaired) electrons. The third-order valence-corrected chi connectivity index (χ3v) is 2.65. The van der Waals surface area contributed by atoms with Gasteiger partial charge in [-0.05, 0) is 25.1 Å². The Morgan fingerprint density at radius 3 is 2.78 bits per heavy atom. The van der Waals surface area contributed by atoms with Crippen LogP contribution in [0.2, 0.25) is 0 Å². The minimum absolute atomic E-state index is 0.0243. The first-order valence-corrected chi connectivity index (χ1v) is 6.84. The van der Waals surface area contributed by atoms with Gasteiger partial charge in [0.05, 0.1) is 12.1 Å². The highest BCUT2D eigenvalue weighted by Crippen LogP contribution is 2.31. The molecule has 0 fully saturated rings. The monoisotopic (exact) mass is 331 g/mol. The molecule has 0 amide bonds. The molecule has 0 saturated carbocycles. The first kappa shape index (κ1) is 18.8. The van der Waals surface area contributed by atoms with Crippen molar-refractivity contribution in [3.05, 3.63) is 42.0 Å². The second-order valence-corrected chi connectivity index (χ2v) is 5.03. The molecule has 23 heavy (non-hydrogen) atoms. The van der Waals surface area contributed by atoms with Crippen LogP contribution in [-0.2, 0) is 6.18 Å². The van der Waals surface area contributed by atoms with Crippen molar-refractivity contribution >= 4 is 5.96 Å². The molecule has 0 saturated heterocycles. The van der Waals surface area contributed by atoms with Crippen LogP contribution >= 0.6 is 0 Å². The third-order valence-electron chi connectivity index (χ3n) is 2.65. The summed E-state index contributed by atoms with van der Waals surface area (Å²) in [6.45, 7) is 5.74. The summed E-state index contributed by atoms with van der Waals surface area (Å²) in [5.74, 6) is 0.169. The van der Waals surface area contributed by atoms with Crippen LogP contribution in [-0.4, -0.2) is 36.9 Å². The molecule has 0 bridgehead atoms. The van der Waals surface area contributed by atoms with Crippen LogP contribution in [0.4, 0.5) is 13.2 Å². The van der Waals surface area contributed by atoms with Crippen LogP contribution < -0.4 is 15.8 Å². The van der Waals surface area contributed by atoms with Crippen LogP contribution in [0.1, 0.15) is 12.5 Å². The highest BCUT2D eigenvalue weighted by Gasteiger charge is 2.30. The van der Waals surface area contributed by atoms with Gasteiger partial charge >= 0.3 is 6.18 Å². The molecule has 0 heterocycles. The first-order valence-electron chi connectivity index (χ1n) is 6.84. The lowest BCUT2D eigenvalue weighted by Gasteiger charge is -2.13. The molecule has 128 valence electrons. The lowest BCUT2D eigenvalue weighted by Crippen LogP contribution is -2.34. The van der Waals surface area contributed by atoms with Gasteiger partial charge in [0.25, 0.3) is 0 Å². The number of halogens is 3. The third kappa shape index (κ3) is 7.55. The summed E-state index contributed by atoms with van der Waals surface area (Å²) in [5.41, 5.74) is 5.63. The zero-order chi connectivity index (χ0) is 17.5. The average Bonchev–Trinajstić information content (AvgIpc) is 2.48. The Morgan fingerprint density at radius 2 is 2.17 bits per heavy atom. The summed E-state index contributed by atoms with van der Waals surface area (Å²) in [6.07, 6.45) is -5.43. The second-order valence-electron chi connectivity index (χ2n) is 5.03. The van der Waals surface area contributed by atoms with E-state index in [9.17, 15) is 18.3 Å². The molecule has 0 aliphatic rings. The number of benzene rings is 1. The number of guanidine groups is 1. The minimum Gasteiger partial charge on any atom is -0.491 e. The summed E-state index contributed by atoms with van der Waals surface area (Å²) in [4.78, 5) is 3.90. The van der Waals surface area contributed by atoms with Gasteiger partial charge in [0.2, 0.25) is 0 Å². The van der Waals surface area contributed by atoms with Gasteiger partial charge in [0, 0.05) is 6.54 Å². The van der Waals surface area contributed by atoms with Crippen LogP contribution in [0.25, 0.3) is 0 Å². The Kier molecular flexibility index (Phi) is 6.89. The van der Waals surface area contributed by atoms with E-state index in [1.54, 1.807) is 0 Å². The predicted molar refractivity (Wildman–Crippen MR) is 82.3 cm³/mol. The van der Waals surface area contributed by atoms with Crippen molar-refractivity contribution in [3.8, 4) is 5.75 Å². The van der Waals surface area contributed by atoms with Crippen LogP contribution in [0.3, 0.4) is 0 Å². The zero-order valence-electron chi connectivity index (χ0n) is 12.7. The Morgan fingerprint density at radius 1 is 1.48 bits per heavy atom. The standard InChI is InChI=1S/C15H20F3N3O2/c1-10(2)7-20-14(19)21-8-12(22)9-23-13-5-3-4-11(6-13)15(16,17)18/h3-6,12,22H,1,7-9H2,2H3,(H3,19,20,21)/t12-/m0/s1. The number of nitrogens with two attached hydrogens (primary N) is 1. The molecule has 1 atom stereocenters. The van der Waals surface area contributed by atoms with E-state index in [0.29, 0.717) is 6.54 Å². The summed E-state index contributed by atoms with van der Waals surface area (Å²) >= 11 is 0. The number of hydrogen-bond donors (Lipinski definition) is 3. The fourth-order valence-corrected chi connectivity index (χ4v) is 1.51. The Hall–Kier alpha value is -2.22. The summed E-state index contributed by atoms with van der Waals surface area (Å²) < 4.78 is 42.8. The van der Waals surface area contributed by atoms with Gasteiger partial charge < -0.3 is 20.9 Å². The maximum Gasteiger partial charge on any atom is 0.416 e. The normalized spacial score (nSPS) is 13.5. The molecule has 0 spiro atoms. The van der Waals surface area contributed by atoms with Gasteiger partial charge in [-0.3, -0.25) is 4.99 Å². The number of nitrogens with one attached hydrogen (secondary N) is 1. The van der Waals surface area contributed by atoms with Crippen molar-refractivity contribution in [1.29, 1.82) is 0 Å². The van der Waals surface area contributed by atoms with Crippen LogP contribution in [0.15, 0.2) is 41.4 Å². The van der Waals surface area contributed by atoms with E-state index in [0.717, 1.165) is 17.7 Å². The van der Waals surface area contributed by atoms with E-state index in [4.69, 9.17) is 10.5 Å². The highest BCUT2D eigenvalue weighted by atomic mass is 19.4. The van der Waals surface area contributed by atoms with Crippen molar-refractivity contribution in [1.82, 2.24) is 5.32 Å². The lowest BCUT2D eigenvalue weighted by atomic mass is 10.2. The van der Waals surface area contributed by atoms with Crippen molar-refractivity contribution < 1.29 is 23.0 Å². The number of nitrogens with zero attached hydrogens (tertiary/aromatic N) is 1. The van der Waals surface area contributed by atoms with Gasteiger partial charge in [-0.2, -0.15) is 13.2 Å². The number of aliphatic hydroxyl groups is 1. The molecule has 0 aromatic heterocycles. The molecule has 4 N–H and O–H groups in total. The van der Waals surface area contributed by atoms with E-state index in [-0.39, 0.29) is 24.9 Å². The Balaban J connectivity index is 2.46. The predicted octanol–water partition coefficient (Wildman–Crippen LogP) is 1.93. The van der Waals surface area contributed by atoms with Crippen molar-refractivity contribution in [3.63, 3.8) is 0 Å². The molecule has 1 aromatic rings. The zero-order valence-corrected chi connectivity index (χ0v) is 12.7. The van der Waals surface area contributed by atoms with Crippen LogP contribution in [0.5, 0.6) is 5.75 Å². The number of aliphatic imine (C=N–C) groups is 1. The number of alkyl halides is 3. The second kappa shape index (κ2) is 8.42. The fraction of sp³-hybridized carbons (Fsp3) is 0.400. The highest BCUT2D eigenvalue weighted by molar-refractivity contribution is 5.78. The number of rotatable bonds is 7. The minimum atomic E-state index is -4.44. The maximum atomic E-state index is 12.6. The SMILES string of the molecule is C=C(C)CNC(N)=NC[C@H](O)COc1cccc(C(F)(F)F)c1. The largest absolute Gasteiger partial charge is 0.491 e. The van der Waals surface area contributed by atoms with E-state index in [1.165, 1.54) is 12.1 Å². The fourth-order valence-electron chi connectivity index (χ4n) is 1.51. The first-order chi connectivity index (χ1) is 10.7. The Labute approximate surface area is 132 Å². The number of aliphatic hydroxyl groups excluding tert-OH is 1. The summed E-state index contributed by atoms with van der Waals surface area (Å²) in [6, 6.07) is 4.44. The molecule has 1 aromatic carbocycles. The van der Waals surface area contributed by atoms with Gasteiger partial charge in [0.15, 0.2) is 5.96 Å². The maximum absolute atomic E-state index is 12.6. The van der Waals surface area contributed by atoms with Crippen molar-refractivity contribution in [2.24, 2.45) is 10.7 Å². The molecular formula is C15H20F3N3O2. The van der Waals surface area contributed by atoms with Gasteiger partial charge in [-0.25, -0.2) is 0 Å². The molecule has 0 aliphatic heterocycles. The van der Waals surface area contributed by atoms with E-state index < -0.39 is 17.8 Å². The summed E-state index contributed by atoms with van der Waals surface area (Å²) in [5, 5.41) is 12.5. The quantitative estimate of drug-likeness (QED) is 0.405. The molecule has 0 unspecified atom stereocenters. The number of hydrogen-bond acceptors (Lipinski definition) is 3. The van der Waals surface area contributed by atoms with Crippen LogP contribution in [0, 0.1) is 0 Å². The smallest absolute Gasteiger partial charge is 0.416 e. The molecule has 0 aliphatic carbocycles. The lowest BCUT2D eigenvalue weighted by molar-refractivity contribution is -0.137. The Bertz CT molecular complexity index is 559. The molecular weight excluding hydrogens is 311 g/mol. The van der Waals surface area contributed by atoms with Crippen molar-refractivity contribution in [2.75, 3.05) is 19.7 Å². The van der Waals surface area contributed by atoms with E-state index >= 15 is 0 Å². The van der Waals surface area contributed by atoms with E-state index in [1.807, 2.05) is 6.92 Å². The summed E-state index contributed by atoms with van der Waals surface area (Å²) in [7, 11) is 0. The molecule has 1 rings (SSSR count). The van der Waals surface area contributed by atoms with E-state index in [2.05, 4.69) is 16.9 Å². The molecule has 8 heteroatoms. The van der Waals surface area contributed by atoms with Gasteiger partial charge in [0.1, 0.15) is 18.5 Å². The van der Waals surface area contributed by atoms with Gasteiger partial charge in [-0.15, -0.1) is 0 Å². The average molecular weight is 331 g/mol.